The topological polar surface area (TPSA) is 77.1 Å². The average Bonchev–Trinajstić information content (AvgIpc) is 2.76. The third-order valence-corrected chi connectivity index (χ3v) is 5.07. The van der Waals surface area contributed by atoms with Gasteiger partial charge in [0.1, 0.15) is 22.8 Å². The summed E-state index contributed by atoms with van der Waals surface area (Å²) in [5.41, 5.74) is 1.53. The summed E-state index contributed by atoms with van der Waals surface area (Å²) in [4.78, 5) is 27.4. The molecule has 2 aromatic carbocycles. The highest BCUT2D eigenvalue weighted by atomic mass is 16.5. The monoisotopic (exact) mass is 412 g/mol. The van der Waals surface area contributed by atoms with Crippen molar-refractivity contribution in [1.82, 2.24) is 0 Å². The molecule has 1 aliphatic heterocycles. The normalized spacial score (nSPS) is 15.3. The van der Waals surface area contributed by atoms with E-state index in [4.69, 9.17) is 14.2 Å². The quantitative estimate of drug-likeness (QED) is 0.656. The largest absolute Gasteiger partial charge is 0.496 e. The van der Waals surface area contributed by atoms with Crippen LogP contribution in [-0.4, -0.2) is 38.7 Å². The van der Waals surface area contributed by atoms with Crippen LogP contribution >= 0.6 is 0 Å². The fourth-order valence-electron chi connectivity index (χ4n) is 3.50. The molecule has 7 heteroatoms. The Morgan fingerprint density at radius 2 is 1.83 bits per heavy atom. The summed E-state index contributed by atoms with van der Waals surface area (Å²) >= 11 is 0. The molecule has 1 unspecified atom stereocenters. The van der Waals surface area contributed by atoms with Gasteiger partial charge in [-0.15, -0.1) is 0 Å². The van der Waals surface area contributed by atoms with Gasteiger partial charge in [-0.1, -0.05) is 25.8 Å². The fourth-order valence-corrected chi connectivity index (χ4v) is 3.50. The maximum Gasteiger partial charge on any atom is 0.267 e. The molecule has 7 nitrogen and oxygen atoms in total. The second kappa shape index (κ2) is 9.52. The van der Waals surface area contributed by atoms with Crippen LogP contribution in [0.2, 0.25) is 0 Å². The van der Waals surface area contributed by atoms with E-state index in [1.165, 1.54) is 14.2 Å². The number of carbonyl (C=O) groups is 2. The molecule has 0 bridgehead atoms. The Hall–Kier alpha value is -3.22. The van der Waals surface area contributed by atoms with Crippen LogP contribution in [0.1, 0.15) is 43.5 Å². The zero-order valence-electron chi connectivity index (χ0n) is 17.9. The maximum absolute atomic E-state index is 13.0. The summed E-state index contributed by atoms with van der Waals surface area (Å²) in [5, 5.41) is 2.88. The third kappa shape index (κ3) is 4.35. The van der Waals surface area contributed by atoms with Gasteiger partial charge in [0, 0.05) is 12.2 Å². The lowest BCUT2D eigenvalue weighted by atomic mass is 10.1. The molecule has 0 aromatic heterocycles. The van der Waals surface area contributed by atoms with Crippen LogP contribution in [0.5, 0.6) is 17.2 Å². The number of hydrogen-bond donors (Lipinski definition) is 1. The van der Waals surface area contributed by atoms with E-state index in [2.05, 4.69) is 12.2 Å². The van der Waals surface area contributed by atoms with Gasteiger partial charge in [-0.05, 0) is 43.7 Å². The predicted octanol–water partition coefficient (Wildman–Crippen LogP) is 4.26. The molecule has 0 aliphatic carbocycles. The van der Waals surface area contributed by atoms with E-state index >= 15 is 0 Å². The van der Waals surface area contributed by atoms with Crippen molar-refractivity contribution in [2.24, 2.45) is 0 Å². The molecule has 0 radical (unpaired) electrons. The minimum atomic E-state index is -0.530. The van der Waals surface area contributed by atoms with Crippen LogP contribution in [0.25, 0.3) is 0 Å². The van der Waals surface area contributed by atoms with Crippen LogP contribution in [0.4, 0.5) is 11.4 Å². The maximum atomic E-state index is 13.0. The number of hydrogen-bond acceptors (Lipinski definition) is 5. The van der Waals surface area contributed by atoms with Crippen molar-refractivity contribution < 1.29 is 23.8 Å². The molecule has 160 valence electrons. The van der Waals surface area contributed by atoms with E-state index in [1.54, 1.807) is 48.2 Å². The molecule has 2 aromatic rings. The van der Waals surface area contributed by atoms with Crippen LogP contribution in [-0.2, 0) is 4.79 Å². The number of rotatable bonds is 8. The molecule has 0 fully saturated rings. The van der Waals surface area contributed by atoms with Gasteiger partial charge in [0.25, 0.3) is 11.8 Å². The predicted molar refractivity (Wildman–Crippen MR) is 116 cm³/mol. The van der Waals surface area contributed by atoms with Gasteiger partial charge in [-0.25, -0.2) is 0 Å². The summed E-state index contributed by atoms with van der Waals surface area (Å²) in [6.45, 7) is 4.49. The lowest BCUT2D eigenvalue weighted by Crippen LogP contribution is -2.44. The van der Waals surface area contributed by atoms with Crippen molar-refractivity contribution in [3.8, 4) is 17.2 Å². The van der Waals surface area contributed by atoms with E-state index in [9.17, 15) is 9.59 Å². The van der Waals surface area contributed by atoms with Crippen molar-refractivity contribution in [3.05, 3.63) is 42.0 Å². The highest BCUT2D eigenvalue weighted by Crippen LogP contribution is 2.37. The first-order valence-corrected chi connectivity index (χ1v) is 10.1. The van der Waals surface area contributed by atoms with Gasteiger partial charge >= 0.3 is 0 Å². The van der Waals surface area contributed by atoms with Gasteiger partial charge in [0.05, 0.1) is 19.9 Å². The van der Waals surface area contributed by atoms with Gasteiger partial charge < -0.3 is 24.4 Å². The number of nitrogens with one attached hydrogen (secondary N) is 1. The molecule has 0 saturated heterocycles. The van der Waals surface area contributed by atoms with Crippen molar-refractivity contribution in [1.29, 1.82) is 0 Å². The number of methoxy groups -OCH3 is 2. The summed E-state index contributed by atoms with van der Waals surface area (Å²) < 4.78 is 16.4. The van der Waals surface area contributed by atoms with Crippen molar-refractivity contribution in [3.63, 3.8) is 0 Å². The number of fused-ring (bicyclic) bond motifs is 1. The molecular weight excluding hydrogens is 384 g/mol. The smallest absolute Gasteiger partial charge is 0.267 e. The van der Waals surface area contributed by atoms with Crippen LogP contribution < -0.4 is 24.4 Å². The lowest BCUT2D eigenvalue weighted by molar-refractivity contribution is -0.125. The molecule has 1 heterocycles. The Balaban J connectivity index is 1.89. The van der Waals surface area contributed by atoms with Crippen molar-refractivity contribution in [2.75, 3.05) is 31.0 Å². The average molecular weight is 412 g/mol. The minimum Gasteiger partial charge on any atom is -0.496 e. The first-order chi connectivity index (χ1) is 14.5. The molecule has 2 amide bonds. The summed E-state index contributed by atoms with van der Waals surface area (Å²) in [7, 11) is 3.01. The Morgan fingerprint density at radius 1 is 1.13 bits per heavy atom. The number of nitrogens with zero attached hydrogens (tertiary/aromatic N) is 1. The first kappa shape index (κ1) is 21.5. The van der Waals surface area contributed by atoms with E-state index < -0.39 is 6.10 Å². The fraction of sp³-hybridized carbons (Fsp3) is 0.391. The Labute approximate surface area is 176 Å². The first-order valence-electron chi connectivity index (χ1n) is 10.1. The minimum absolute atomic E-state index is 0.0755. The second-order valence-corrected chi connectivity index (χ2v) is 7.13. The van der Waals surface area contributed by atoms with E-state index in [-0.39, 0.29) is 11.8 Å². The number of carbonyl (C=O) groups excluding carboxylic acids is 2. The van der Waals surface area contributed by atoms with Crippen LogP contribution in [0.3, 0.4) is 0 Å². The highest BCUT2D eigenvalue weighted by molar-refractivity contribution is 6.09. The lowest BCUT2D eigenvalue weighted by Gasteiger charge is -2.33. The molecule has 0 spiro atoms. The van der Waals surface area contributed by atoms with Gasteiger partial charge in [-0.3, -0.25) is 9.59 Å². The molecule has 0 saturated carbocycles. The summed E-state index contributed by atoms with van der Waals surface area (Å²) in [6.07, 6.45) is 2.48. The van der Waals surface area contributed by atoms with Crippen molar-refractivity contribution in [2.45, 2.75) is 39.2 Å². The van der Waals surface area contributed by atoms with Crippen LogP contribution in [0.15, 0.2) is 36.4 Å². The zero-order valence-corrected chi connectivity index (χ0v) is 17.9. The second-order valence-electron chi connectivity index (χ2n) is 7.13. The van der Waals surface area contributed by atoms with E-state index in [0.717, 1.165) is 19.3 Å². The molecule has 1 atom stereocenters. The van der Waals surface area contributed by atoms with Gasteiger partial charge in [-0.2, -0.15) is 0 Å². The number of benzene rings is 2. The van der Waals surface area contributed by atoms with E-state index in [1.807, 2.05) is 0 Å². The molecule has 1 aliphatic rings. The SMILES string of the molecule is CCCCCN1C(=O)C(C)Oc2ccc(NC(=O)c3c(OC)cccc3OC)cc21. The standard InChI is InChI=1S/C23H28N2O5/c1-5-6-7-13-25-17-14-16(11-12-18(17)30-15(2)23(25)27)24-22(26)21-19(28-3)9-8-10-20(21)29-4/h8-12,14-15H,5-7,13H2,1-4H3,(H,24,26). The third-order valence-electron chi connectivity index (χ3n) is 5.07. The Morgan fingerprint density at radius 3 is 2.47 bits per heavy atom. The molecule has 1 N–H and O–H groups in total. The van der Waals surface area contributed by atoms with Gasteiger partial charge in [0.2, 0.25) is 0 Å². The van der Waals surface area contributed by atoms with Gasteiger partial charge in [0.15, 0.2) is 6.10 Å². The Kier molecular flexibility index (Phi) is 6.82. The number of ether oxygens (including phenoxy) is 3. The van der Waals surface area contributed by atoms with E-state index in [0.29, 0.717) is 40.7 Å². The molecular formula is C23H28N2O5. The summed E-state index contributed by atoms with van der Waals surface area (Å²) in [6, 6.07) is 10.5. The number of anilines is 2. The number of unbranched alkanes of at least 4 members (excludes halogenated alkanes) is 2. The zero-order chi connectivity index (χ0) is 21.7. The van der Waals surface area contributed by atoms with Crippen LogP contribution in [0, 0.1) is 0 Å². The highest BCUT2D eigenvalue weighted by Gasteiger charge is 2.31. The molecule has 3 rings (SSSR count). The number of amides is 2. The molecule has 30 heavy (non-hydrogen) atoms. The Bertz CT molecular complexity index is 906. The van der Waals surface area contributed by atoms with Crippen molar-refractivity contribution >= 4 is 23.2 Å². The summed E-state index contributed by atoms with van der Waals surface area (Å²) in [5.74, 6) is 1.02.